The Kier molecular flexibility index (Phi) is 11.3. The Hall–Kier alpha value is -4.57. The molecule has 4 rings (SSSR count). The second kappa shape index (κ2) is 15.1. The van der Waals surface area contributed by atoms with Gasteiger partial charge in [0, 0.05) is 5.75 Å². The van der Waals surface area contributed by atoms with Gasteiger partial charge in [-0.25, -0.2) is 13.6 Å². The molecule has 1 unspecified atom stereocenters. The maximum atomic E-state index is 13.8. The van der Waals surface area contributed by atoms with Crippen molar-refractivity contribution in [1.82, 2.24) is 16.0 Å². The fraction of sp³-hybridized carbons (Fsp3) is 0.290. The largest absolute Gasteiger partial charge is 0.484 e. The third kappa shape index (κ3) is 7.80. The van der Waals surface area contributed by atoms with Gasteiger partial charge in [0.15, 0.2) is 6.61 Å². The van der Waals surface area contributed by atoms with Gasteiger partial charge in [-0.1, -0.05) is 36.4 Å². The van der Waals surface area contributed by atoms with Crippen LogP contribution in [-0.4, -0.2) is 87.0 Å². The molecule has 0 aromatic heterocycles. The van der Waals surface area contributed by atoms with E-state index in [1.54, 1.807) is 24.3 Å². The van der Waals surface area contributed by atoms with Crippen LogP contribution in [0.2, 0.25) is 0 Å². The molecule has 3 aromatic rings. The number of nitrogens with one attached hydrogen (secondary N) is 3. The van der Waals surface area contributed by atoms with E-state index in [4.69, 9.17) is 14.9 Å². The van der Waals surface area contributed by atoms with Crippen LogP contribution in [-0.2, 0) is 24.7 Å². The standard InChI is InChI=1S/C31H31F2N3O9S/c32-20-7-1-17(2-8-20)25(39)16-46-27-29(42)36-31(27,18-3-9-21(33)10-4-18)19-5-11-22(12-6-19)45-15-26(40)34-23(13-37)28(41)35-24(14-38)30(43)44/h1-12,23-25,27,37-39H,13-16H2,(H,34,40)(H,35,41)(H,36,42)(H,43,44)/t23-,24-,25?,27+,31+/m1/s1. The number of hydrogen-bond acceptors (Lipinski definition) is 9. The minimum absolute atomic E-state index is 0.104. The number of thioether (sulfide) groups is 1. The summed E-state index contributed by atoms with van der Waals surface area (Å²) in [4.78, 5) is 48.5. The van der Waals surface area contributed by atoms with Crippen LogP contribution in [0.25, 0.3) is 0 Å². The third-order valence-electron chi connectivity index (χ3n) is 7.24. The van der Waals surface area contributed by atoms with Gasteiger partial charge >= 0.3 is 5.97 Å². The van der Waals surface area contributed by atoms with E-state index >= 15 is 0 Å². The highest BCUT2D eigenvalue weighted by Gasteiger charge is 2.56. The Morgan fingerprint density at radius 3 is 1.93 bits per heavy atom. The van der Waals surface area contributed by atoms with Crippen molar-refractivity contribution in [3.8, 4) is 5.75 Å². The molecular formula is C31H31F2N3O9S. The van der Waals surface area contributed by atoms with E-state index < -0.39 is 78.2 Å². The summed E-state index contributed by atoms with van der Waals surface area (Å²) < 4.78 is 32.6. The number of benzene rings is 3. The molecule has 7 N–H and O–H groups in total. The monoisotopic (exact) mass is 659 g/mol. The van der Waals surface area contributed by atoms with Crippen molar-refractivity contribution in [3.05, 3.63) is 101 Å². The first-order chi connectivity index (χ1) is 22.0. The lowest BCUT2D eigenvalue weighted by Gasteiger charge is -2.50. The number of aliphatic hydroxyl groups excluding tert-OH is 3. The highest BCUT2D eigenvalue weighted by Crippen LogP contribution is 2.46. The molecule has 46 heavy (non-hydrogen) atoms. The molecule has 1 fully saturated rings. The van der Waals surface area contributed by atoms with Crippen molar-refractivity contribution in [2.45, 2.75) is 29.0 Å². The predicted octanol–water partition coefficient (Wildman–Crippen LogP) is 0.591. The van der Waals surface area contributed by atoms with Crippen LogP contribution in [0.4, 0.5) is 8.78 Å². The Morgan fingerprint density at radius 1 is 0.870 bits per heavy atom. The fourth-order valence-electron chi connectivity index (χ4n) is 4.79. The lowest BCUT2D eigenvalue weighted by atomic mass is 9.74. The molecule has 1 aliphatic heterocycles. The zero-order valence-corrected chi connectivity index (χ0v) is 24.9. The predicted molar refractivity (Wildman–Crippen MR) is 161 cm³/mol. The summed E-state index contributed by atoms with van der Waals surface area (Å²) in [5, 5.41) is 44.6. The average Bonchev–Trinajstić information content (AvgIpc) is 3.04. The second-order valence-electron chi connectivity index (χ2n) is 10.3. The molecule has 0 aliphatic carbocycles. The summed E-state index contributed by atoms with van der Waals surface area (Å²) in [6.45, 7) is -2.32. The van der Waals surface area contributed by atoms with Gasteiger partial charge in [0.2, 0.25) is 11.8 Å². The van der Waals surface area contributed by atoms with Crippen molar-refractivity contribution >= 4 is 35.5 Å². The molecule has 1 saturated heterocycles. The number of rotatable bonds is 15. The number of carbonyl (C=O) groups excluding carboxylic acids is 3. The lowest BCUT2D eigenvalue weighted by molar-refractivity contribution is -0.143. The van der Waals surface area contributed by atoms with Gasteiger partial charge in [-0.05, 0) is 53.1 Å². The molecule has 0 spiro atoms. The molecule has 0 saturated carbocycles. The first-order valence-corrected chi connectivity index (χ1v) is 14.9. The number of hydrogen-bond donors (Lipinski definition) is 7. The summed E-state index contributed by atoms with van der Waals surface area (Å²) in [6.07, 6.45) is -0.989. The SMILES string of the molecule is O=C(COc1ccc([C@]2(c3ccc(F)cc3)NC(=O)[C@@H]2SCC(O)c2ccc(F)cc2)cc1)N[C@H](CO)C(=O)N[C@H](CO)C(=O)O. The molecule has 3 aromatic carbocycles. The van der Waals surface area contributed by atoms with Gasteiger partial charge in [0.1, 0.15) is 40.3 Å². The Balaban J connectivity index is 1.45. The molecule has 15 heteroatoms. The zero-order chi connectivity index (χ0) is 33.4. The summed E-state index contributed by atoms with van der Waals surface area (Å²) in [7, 11) is 0. The van der Waals surface area contributed by atoms with Gasteiger partial charge in [-0.15, -0.1) is 11.8 Å². The smallest absolute Gasteiger partial charge is 0.328 e. The van der Waals surface area contributed by atoms with Crippen LogP contribution in [0.3, 0.4) is 0 Å². The molecule has 1 aliphatic rings. The number of ether oxygens (including phenoxy) is 1. The summed E-state index contributed by atoms with van der Waals surface area (Å²) >= 11 is 1.18. The maximum absolute atomic E-state index is 13.8. The summed E-state index contributed by atoms with van der Waals surface area (Å²) in [5.74, 6) is -4.23. The van der Waals surface area contributed by atoms with Crippen molar-refractivity contribution in [2.24, 2.45) is 0 Å². The Labute approximate surface area is 265 Å². The van der Waals surface area contributed by atoms with E-state index in [1.807, 2.05) is 5.32 Å². The van der Waals surface area contributed by atoms with E-state index in [0.29, 0.717) is 16.7 Å². The molecule has 244 valence electrons. The van der Waals surface area contributed by atoms with Crippen molar-refractivity contribution < 1.29 is 53.1 Å². The highest BCUT2D eigenvalue weighted by atomic mass is 32.2. The first-order valence-electron chi connectivity index (χ1n) is 13.9. The summed E-state index contributed by atoms with van der Waals surface area (Å²) in [6, 6.07) is 14.2. The molecule has 0 bridgehead atoms. The van der Waals surface area contributed by atoms with Crippen LogP contribution in [0.5, 0.6) is 5.75 Å². The van der Waals surface area contributed by atoms with Crippen molar-refractivity contribution in [1.29, 1.82) is 0 Å². The number of carboxylic acids is 1. The van der Waals surface area contributed by atoms with E-state index in [0.717, 1.165) is 0 Å². The van der Waals surface area contributed by atoms with Crippen LogP contribution < -0.4 is 20.7 Å². The van der Waals surface area contributed by atoms with Crippen molar-refractivity contribution in [3.63, 3.8) is 0 Å². The zero-order valence-electron chi connectivity index (χ0n) is 24.1. The van der Waals surface area contributed by atoms with Crippen LogP contribution in [0.15, 0.2) is 72.8 Å². The molecule has 12 nitrogen and oxygen atoms in total. The topological polar surface area (TPSA) is 195 Å². The number of β-lactam (4-membered cyclic amide) rings is 1. The number of amides is 3. The van der Waals surface area contributed by atoms with Crippen LogP contribution >= 0.6 is 11.8 Å². The van der Waals surface area contributed by atoms with Gasteiger partial charge in [0.05, 0.1) is 19.3 Å². The van der Waals surface area contributed by atoms with Gasteiger partial charge in [0.25, 0.3) is 5.91 Å². The maximum Gasteiger partial charge on any atom is 0.328 e. The third-order valence-corrected chi connectivity index (χ3v) is 8.65. The van der Waals surface area contributed by atoms with Crippen molar-refractivity contribution in [2.75, 3.05) is 25.6 Å². The number of aliphatic hydroxyl groups is 3. The van der Waals surface area contributed by atoms with E-state index in [2.05, 4.69) is 10.6 Å². The minimum Gasteiger partial charge on any atom is -0.484 e. The number of carbonyl (C=O) groups is 4. The Morgan fingerprint density at radius 2 is 1.41 bits per heavy atom. The quantitative estimate of drug-likeness (QED) is 0.114. The first kappa shape index (κ1) is 34.3. The molecule has 3 amide bonds. The molecule has 5 atom stereocenters. The van der Waals surface area contributed by atoms with E-state index in [1.165, 1.54) is 60.3 Å². The number of halogens is 2. The molecule has 0 radical (unpaired) electrons. The Bertz CT molecular complexity index is 1540. The second-order valence-corrected chi connectivity index (χ2v) is 11.4. The van der Waals surface area contributed by atoms with Gasteiger partial charge < -0.3 is 41.1 Å². The summed E-state index contributed by atoms with van der Waals surface area (Å²) in [5.41, 5.74) is 0.540. The lowest BCUT2D eigenvalue weighted by Crippen LogP contribution is -2.69. The highest BCUT2D eigenvalue weighted by molar-refractivity contribution is 8.00. The van der Waals surface area contributed by atoms with Crippen LogP contribution in [0, 0.1) is 11.6 Å². The van der Waals surface area contributed by atoms with Gasteiger partial charge in [-0.2, -0.15) is 0 Å². The van der Waals surface area contributed by atoms with E-state index in [9.17, 15) is 38.2 Å². The number of carboxylic acid groups (broad SMARTS) is 1. The fourth-order valence-corrected chi connectivity index (χ4v) is 6.15. The molecule has 1 heterocycles. The average molecular weight is 660 g/mol. The molecular weight excluding hydrogens is 628 g/mol. The minimum atomic E-state index is -1.62. The number of aliphatic carboxylic acids is 1. The normalized spacial score (nSPS) is 19.2. The van der Waals surface area contributed by atoms with Gasteiger partial charge in [-0.3, -0.25) is 14.4 Å². The van der Waals surface area contributed by atoms with E-state index in [-0.39, 0.29) is 17.4 Å². The van der Waals surface area contributed by atoms with Crippen LogP contribution in [0.1, 0.15) is 22.8 Å².